The van der Waals surface area contributed by atoms with Crippen LogP contribution in [0.3, 0.4) is 0 Å². The van der Waals surface area contributed by atoms with E-state index in [4.69, 9.17) is 0 Å². The van der Waals surface area contributed by atoms with Crippen molar-refractivity contribution in [2.24, 2.45) is 0 Å². The van der Waals surface area contributed by atoms with Gasteiger partial charge in [0.15, 0.2) is 12.0 Å². The molecule has 1 aliphatic heterocycles. The summed E-state index contributed by atoms with van der Waals surface area (Å²) in [6, 6.07) is 9.47. The summed E-state index contributed by atoms with van der Waals surface area (Å²) in [6.45, 7) is 0. The van der Waals surface area contributed by atoms with E-state index in [9.17, 15) is 8.94 Å². The van der Waals surface area contributed by atoms with Gasteiger partial charge in [-0.2, -0.15) is 4.98 Å². The zero-order valence-electron chi connectivity index (χ0n) is 9.78. The van der Waals surface area contributed by atoms with Crippen LogP contribution in [0.4, 0.5) is 4.39 Å². The SMILES string of the molecule is C[S@+]([O-])c1nc2n(n1)[C@H](c1ccccc1)C[C@@H]2F. The summed E-state index contributed by atoms with van der Waals surface area (Å²) in [5, 5.41) is 4.37. The lowest BCUT2D eigenvalue weighted by Gasteiger charge is -2.11. The predicted molar refractivity (Wildman–Crippen MR) is 65.4 cm³/mol. The van der Waals surface area contributed by atoms with Crippen molar-refractivity contribution in [2.45, 2.75) is 23.8 Å². The minimum Gasteiger partial charge on any atom is -0.609 e. The fourth-order valence-corrected chi connectivity index (χ4v) is 2.66. The monoisotopic (exact) mass is 265 g/mol. The molecule has 6 heteroatoms. The Morgan fingerprint density at radius 2 is 2.11 bits per heavy atom. The predicted octanol–water partition coefficient (Wildman–Crippen LogP) is 2.02. The number of hydrogen-bond acceptors (Lipinski definition) is 3. The van der Waals surface area contributed by atoms with Crippen LogP contribution in [-0.4, -0.2) is 25.6 Å². The van der Waals surface area contributed by atoms with E-state index in [1.807, 2.05) is 30.3 Å². The van der Waals surface area contributed by atoms with E-state index in [0.717, 1.165) is 5.56 Å². The minimum atomic E-state index is -1.28. The Morgan fingerprint density at radius 1 is 1.39 bits per heavy atom. The molecule has 0 N–H and O–H groups in total. The lowest BCUT2D eigenvalue weighted by atomic mass is 10.0. The zero-order chi connectivity index (χ0) is 12.7. The smallest absolute Gasteiger partial charge is 0.361 e. The van der Waals surface area contributed by atoms with Gasteiger partial charge in [-0.1, -0.05) is 30.3 Å². The van der Waals surface area contributed by atoms with Crippen molar-refractivity contribution in [3.63, 3.8) is 0 Å². The van der Waals surface area contributed by atoms with E-state index in [0.29, 0.717) is 6.42 Å². The van der Waals surface area contributed by atoms with Crippen LogP contribution in [0.5, 0.6) is 0 Å². The topological polar surface area (TPSA) is 53.8 Å². The number of fused-ring (bicyclic) bond motifs is 1. The first-order valence-corrected chi connectivity index (χ1v) is 7.21. The molecule has 0 unspecified atom stereocenters. The van der Waals surface area contributed by atoms with Crippen LogP contribution >= 0.6 is 0 Å². The summed E-state index contributed by atoms with van der Waals surface area (Å²) in [6.07, 6.45) is 0.700. The van der Waals surface area contributed by atoms with Crippen molar-refractivity contribution in [3.8, 4) is 0 Å². The standard InChI is InChI=1S/C12H12FN3OS/c1-18(17)12-14-11-9(13)7-10(16(11)15-12)8-5-3-2-4-6-8/h2-6,9-10H,7H2,1H3/t9-,10-,18-/m0/s1. The number of halogens is 1. The maximum atomic E-state index is 13.9. The Hall–Kier alpha value is -1.40. The molecule has 4 nitrogen and oxygen atoms in total. The van der Waals surface area contributed by atoms with Crippen molar-refractivity contribution >= 4 is 11.2 Å². The Balaban J connectivity index is 2.03. The average molecular weight is 265 g/mol. The number of benzene rings is 1. The molecule has 0 radical (unpaired) electrons. The van der Waals surface area contributed by atoms with Crippen LogP contribution in [0, 0.1) is 0 Å². The van der Waals surface area contributed by atoms with Crippen molar-refractivity contribution in [2.75, 3.05) is 6.26 Å². The number of nitrogens with zero attached hydrogens (tertiary/aromatic N) is 3. The third kappa shape index (κ3) is 1.81. The van der Waals surface area contributed by atoms with E-state index in [-0.39, 0.29) is 17.0 Å². The Kier molecular flexibility index (Phi) is 2.83. The molecule has 0 fully saturated rings. The van der Waals surface area contributed by atoms with E-state index in [1.54, 1.807) is 4.68 Å². The van der Waals surface area contributed by atoms with Crippen LogP contribution in [0.15, 0.2) is 35.5 Å². The van der Waals surface area contributed by atoms with Crippen molar-refractivity contribution < 1.29 is 8.94 Å². The second-order valence-corrected chi connectivity index (χ2v) is 5.55. The number of rotatable bonds is 2. The maximum Gasteiger partial charge on any atom is 0.361 e. The van der Waals surface area contributed by atoms with Gasteiger partial charge in [-0.3, -0.25) is 0 Å². The summed E-state index contributed by atoms with van der Waals surface area (Å²) < 4.78 is 26.8. The Morgan fingerprint density at radius 3 is 2.78 bits per heavy atom. The summed E-state index contributed by atoms with van der Waals surface area (Å²) in [5.74, 6) is 0.286. The summed E-state index contributed by atoms with van der Waals surface area (Å²) >= 11 is -1.28. The lowest BCUT2D eigenvalue weighted by Crippen LogP contribution is -2.09. The molecule has 3 atom stereocenters. The van der Waals surface area contributed by atoms with Crippen molar-refractivity contribution in [1.29, 1.82) is 0 Å². The van der Waals surface area contributed by atoms with Gasteiger partial charge >= 0.3 is 5.16 Å². The number of alkyl halides is 1. The van der Waals surface area contributed by atoms with Gasteiger partial charge < -0.3 is 4.55 Å². The molecule has 0 aliphatic carbocycles. The molecule has 2 heterocycles. The summed E-state index contributed by atoms with van der Waals surface area (Å²) in [5.41, 5.74) is 0.997. The average Bonchev–Trinajstić information content (AvgIpc) is 2.92. The first-order chi connectivity index (χ1) is 8.66. The largest absolute Gasteiger partial charge is 0.609 e. The molecule has 1 aromatic heterocycles. The summed E-state index contributed by atoms with van der Waals surface area (Å²) in [4.78, 5) is 4.02. The maximum absolute atomic E-state index is 13.9. The van der Waals surface area contributed by atoms with Gasteiger partial charge in [0.1, 0.15) is 6.26 Å². The highest BCUT2D eigenvalue weighted by Crippen LogP contribution is 2.39. The highest BCUT2D eigenvalue weighted by molar-refractivity contribution is 7.90. The number of aromatic nitrogens is 3. The second kappa shape index (κ2) is 4.37. The fourth-order valence-electron chi connectivity index (χ4n) is 2.23. The molecular formula is C12H12FN3OS. The van der Waals surface area contributed by atoms with Crippen LogP contribution in [0.25, 0.3) is 0 Å². The molecule has 0 bridgehead atoms. The molecule has 1 aliphatic rings. The third-order valence-corrected chi connectivity index (χ3v) is 3.77. The molecule has 0 saturated carbocycles. The molecule has 3 rings (SSSR count). The zero-order valence-corrected chi connectivity index (χ0v) is 10.6. The molecule has 0 spiro atoms. The quantitative estimate of drug-likeness (QED) is 0.781. The van der Waals surface area contributed by atoms with Crippen LogP contribution < -0.4 is 0 Å². The van der Waals surface area contributed by atoms with Crippen LogP contribution in [0.2, 0.25) is 0 Å². The summed E-state index contributed by atoms with van der Waals surface area (Å²) in [7, 11) is 0. The molecule has 0 saturated heterocycles. The molecule has 0 amide bonds. The number of hydrogen-bond donors (Lipinski definition) is 0. The molecular weight excluding hydrogens is 253 g/mol. The highest BCUT2D eigenvalue weighted by Gasteiger charge is 2.36. The van der Waals surface area contributed by atoms with Crippen molar-refractivity contribution in [3.05, 3.63) is 41.7 Å². The fraction of sp³-hybridized carbons (Fsp3) is 0.333. The highest BCUT2D eigenvalue weighted by atomic mass is 32.2. The molecule has 2 aromatic rings. The molecule has 94 valence electrons. The van der Waals surface area contributed by atoms with Gasteiger partial charge in [-0.05, 0) is 5.56 Å². The first-order valence-electron chi connectivity index (χ1n) is 5.65. The van der Waals surface area contributed by atoms with Gasteiger partial charge in [0.25, 0.3) is 0 Å². The molecule has 18 heavy (non-hydrogen) atoms. The normalized spacial score (nSPS) is 23.9. The van der Waals surface area contributed by atoms with Crippen LogP contribution in [-0.2, 0) is 11.2 Å². The Bertz CT molecular complexity index is 558. The van der Waals surface area contributed by atoms with E-state index < -0.39 is 17.3 Å². The van der Waals surface area contributed by atoms with Gasteiger partial charge in [-0.25, -0.2) is 9.07 Å². The van der Waals surface area contributed by atoms with E-state index in [1.165, 1.54) is 6.26 Å². The second-order valence-electron chi connectivity index (χ2n) is 4.28. The molecule has 1 aromatic carbocycles. The Labute approximate surface area is 107 Å². The first kappa shape index (κ1) is 11.7. The van der Waals surface area contributed by atoms with Gasteiger partial charge in [0.05, 0.1) is 6.04 Å². The van der Waals surface area contributed by atoms with Crippen molar-refractivity contribution in [1.82, 2.24) is 14.8 Å². The van der Waals surface area contributed by atoms with Crippen LogP contribution in [0.1, 0.15) is 30.0 Å². The van der Waals surface area contributed by atoms with Gasteiger partial charge in [-0.15, -0.1) is 5.10 Å². The minimum absolute atomic E-state index is 0.152. The van der Waals surface area contributed by atoms with E-state index in [2.05, 4.69) is 10.1 Å². The third-order valence-electron chi connectivity index (χ3n) is 3.09. The van der Waals surface area contributed by atoms with Gasteiger partial charge in [0, 0.05) is 17.6 Å². The van der Waals surface area contributed by atoms with Gasteiger partial charge in [0.2, 0.25) is 0 Å². The van der Waals surface area contributed by atoms with E-state index >= 15 is 0 Å². The lowest BCUT2D eigenvalue weighted by molar-refractivity contribution is 0.326.